The number of ether oxygens (including phenoxy) is 2. The van der Waals surface area contributed by atoms with E-state index in [9.17, 15) is 18.3 Å². The second-order valence-corrected chi connectivity index (χ2v) is 6.85. The number of benzene rings is 2. The van der Waals surface area contributed by atoms with E-state index in [0.717, 1.165) is 24.0 Å². The monoisotopic (exact) mass is 408 g/mol. The summed E-state index contributed by atoms with van der Waals surface area (Å²) in [5.41, 5.74) is 2.81. The summed E-state index contributed by atoms with van der Waals surface area (Å²) in [5, 5.41) is 9.24. The van der Waals surface area contributed by atoms with Crippen LogP contribution in [0.1, 0.15) is 43.7 Å². The third-order valence-electron chi connectivity index (χ3n) is 4.67. The van der Waals surface area contributed by atoms with Crippen molar-refractivity contribution in [3.05, 3.63) is 65.7 Å². The lowest BCUT2D eigenvalue weighted by Crippen LogP contribution is -2.07. The fourth-order valence-electron chi connectivity index (χ4n) is 3.18. The minimum Gasteiger partial charge on any atom is -0.492 e. The lowest BCUT2D eigenvalue weighted by Gasteiger charge is -2.15. The van der Waals surface area contributed by atoms with Crippen molar-refractivity contribution >= 4 is 0 Å². The van der Waals surface area contributed by atoms with Gasteiger partial charge in [0.25, 0.3) is 0 Å². The average Bonchev–Trinajstić information content (AvgIpc) is 2.69. The van der Waals surface area contributed by atoms with Crippen LogP contribution >= 0.6 is 0 Å². The zero-order valence-corrected chi connectivity index (χ0v) is 16.8. The Labute approximate surface area is 169 Å². The Morgan fingerprint density at radius 3 is 2.59 bits per heavy atom. The first-order valence-electron chi connectivity index (χ1n) is 9.75. The molecule has 1 unspecified atom stereocenters. The molecule has 0 aliphatic heterocycles. The maximum absolute atomic E-state index is 14.8. The van der Waals surface area contributed by atoms with Gasteiger partial charge in [0.1, 0.15) is 31.0 Å². The van der Waals surface area contributed by atoms with Crippen LogP contribution in [0.3, 0.4) is 0 Å². The molecule has 1 N–H and O–H groups in total. The molecule has 0 aliphatic rings. The Hall–Kier alpha value is -2.47. The molecule has 0 aromatic heterocycles. The highest BCUT2D eigenvalue weighted by atomic mass is 19.3. The van der Waals surface area contributed by atoms with Crippen LogP contribution in [0.2, 0.25) is 0 Å². The number of hydrogen-bond acceptors (Lipinski definition) is 3. The molecule has 3 nitrogen and oxygen atoms in total. The molecule has 2 aromatic rings. The molecular formula is C23H27F3O3. The second kappa shape index (κ2) is 11.5. The van der Waals surface area contributed by atoms with Crippen molar-refractivity contribution in [1.82, 2.24) is 0 Å². The van der Waals surface area contributed by atoms with E-state index in [1.807, 2.05) is 6.07 Å². The smallest absolute Gasteiger partial charge is 0.304 e. The normalized spacial score (nSPS) is 11.8. The Bertz CT molecular complexity index is 817. The van der Waals surface area contributed by atoms with E-state index >= 15 is 0 Å². The molecular weight excluding hydrogens is 381 g/mol. The summed E-state index contributed by atoms with van der Waals surface area (Å²) in [5.74, 6) is 0.448. The minimum atomic E-state index is -1.92. The van der Waals surface area contributed by atoms with Crippen LogP contribution in [0, 0.1) is 5.82 Å². The molecule has 158 valence electrons. The lowest BCUT2D eigenvalue weighted by atomic mass is 9.93. The maximum Gasteiger partial charge on any atom is 0.304 e. The predicted molar refractivity (Wildman–Crippen MR) is 108 cm³/mol. The third kappa shape index (κ3) is 6.82. The van der Waals surface area contributed by atoms with E-state index < -0.39 is 6.08 Å². The highest BCUT2D eigenvalue weighted by Crippen LogP contribution is 2.32. The summed E-state index contributed by atoms with van der Waals surface area (Å²) in [4.78, 5) is 0. The summed E-state index contributed by atoms with van der Waals surface area (Å²) in [6.07, 6.45) is 0.849. The largest absolute Gasteiger partial charge is 0.492 e. The molecule has 0 radical (unpaired) electrons. The number of halogens is 3. The first-order valence-corrected chi connectivity index (χ1v) is 9.75. The quantitative estimate of drug-likeness (QED) is 0.363. The Morgan fingerprint density at radius 2 is 1.93 bits per heavy atom. The van der Waals surface area contributed by atoms with Crippen LogP contribution in [0.25, 0.3) is 11.1 Å². The van der Waals surface area contributed by atoms with Crippen LogP contribution in [-0.2, 0) is 11.2 Å². The molecule has 0 spiro atoms. The summed E-state index contributed by atoms with van der Waals surface area (Å²) in [6, 6.07) is 10.5. The molecule has 0 fully saturated rings. The van der Waals surface area contributed by atoms with E-state index in [0.29, 0.717) is 29.6 Å². The highest BCUT2D eigenvalue weighted by molar-refractivity contribution is 5.67. The van der Waals surface area contributed by atoms with Gasteiger partial charge in [-0.25, -0.2) is 4.39 Å². The molecule has 0 aliphatic carbocycles. The van der Waals surface area contributed by atoms with E-state index in [-0.39, 0.29) is 31.6 Å². The van der Waals surface area contributed by atoms with Crippen LogP contribution in [0.4, 0.5) is 13.2 Å². The first-order chi connectivity index (χ1) is 14.0. The Morgan fingerprint density at radius 1 is 1.14 bits per heavy atom. The number of rotatable bonds is 11. The molecule has 2 rings (SSSR count). The summed E-state index contributed by atoms with van der Waals surface area (Å²) in [7, 11) is 0. The van der Waals surface area contributed by atoms with E-state index in [2.05, 4.69) is 18.6 Å². The SMILES string of the molecule is CCCC(C)c1ccc(-c2ccc(CCO)c(OCCOC=C(F)F)c2)c(F)c1. The van der Waals surface area contributed by atoms with Crippen LogP contribution in [-0.4, -0.2) is 24.9 Å². The highest BCUT2D eigenvalue weighted by Gasteiger charge is 2.13. The molecule has 29 heavy (non-hydrogen) atoms. The second-order valence-electron chi connectivity index (χ2n) is 6.85. The molecule has 0 saturated heterocycles. The number of aliphatic hydroxyl groups excluding tert-OH is 1. The van der Waals surface area contributed by atoms with Crippen molar-refractivity contribution in [2.24, 2.45) is 0 Å². The fourth-order valence-corrected chi connectivity index (χ4v) is 3.18. The summed E-state index contributed by atoms with van der Waals surface area (Å²) < 4.78 is 49.0. The van der Waals surface area contributed by atoms with Gasteiger partial charge in [-0.05, 0) is 47.6 Å². The topological polar surface area (TPSA) is 38.7 Å². The lowest BCUT2D eigenvalue weighted by molar-refractivity contribution is 0.166. The summed E-state index contributed by atoms with van der Waals surface area (Å²) in [6.45, 7) is 4.10. The van der Waals surface area contributed by atoms with Crippen LogP contribution < -0.4 is 4.74 Å². The molecule has 0 saturated carbocycles. The number of hydrogen-bond donors (Lipinski definition) is 1. The minimum absolute atomic E-state index is 0.0433. The van der Waals surface area contributed by atoms with E-state index in [1.54, 1.807) is 30.3 Å². The maximum atomic E-state index is 14.8. The van der Waals surface area contributed by atoms with Crippen molar-refractivity contribution in [3.63, 3.8) is 0 Å². The zero-order valence-electron chi connectivity index (χ0n) is 16.8. The van der Waals surface area contributed by atoms with Crippen LogP contribution in [0.15, 0.2) is 48.7 Å². The van der Waals surface area contributed by atoms with Crippen molar-refractivity contribution in [2.75, 3.05) is 19.8 Å². The van der Waals surface area contributed by atoms with Crippen LogP contribution in [0.5, 0.6) is 5.75 Å². The molecule has 0 amide bonds. The van der Waals surface area contributed by atoms with Gasteiger partial charge in [-0.1, -0.05) is 44.5 Å². The fraction of sp³-hybridized carbons (Fsp3) is 0.391. The van der Waals surface area contributed by atoms with Gasteiger partial charge in [0.15, 0.2) is 0 Å². The van der Waals surface area contributed by atoms with Crippen molar-refractivity contribution < 1.29 is 27.8 Å². The van der Waals surface area contributed by atoms with Gasteiger partial charge in [0, 0.05) is 12.2 Å². The summed E-state index contributed by atoms with van der Waals surface area (Å²) >= 11 is 0. The molecule has 0 heterocycles. The predicted octanol–water partition coefficient (Wildman–Crippen LogP) is 6.06. The van der Waals surface area contributed by atoms with Gasteiger partial charge >= 0.3 is 6.08 Å². The van der Waals surface area contributed by atoms with Gasteiger partial charge in [-0.3, -0.25) is 0 Å². The van der Waals surface area contributed by atoms with E-state index in [4.69, 9.17) is 4.74 Å². The average molecular weight is 408 g/mol. The zero-order chi connectivity index (χ0) is 21.2. The van der Waals surface area contributed by atoms with Gasteiger partial charge in [0.05, 0.1) is 0 Å². The van der Waals surface area contributed by atoms with E-state index in [1.165, 1.54) is 0 Å². The third-order valence-corrected chi connectivity index (χ3v) is 4.67. The van der Waals surface area contributed by atoms with Crippen molar-refractivity contribution in [3.8, 4) is 16.9 Å². The van der Waals surface area contributed by atoms with Gasteiger partial charge in [-0.2, -0.15) is 8.78 Å². The first kappa shape index (κ1) is 22.8. The Kier molecular flexibility index (Phi) is 9.06. The molecule has 1 atom stereocenters. The van der Waals surface area contributed by atoms with Crippen molar-refractivity contribution in [2.45, 2.75) is 39.0 Å². The number of aliphatic hydroxyl groups is 1. The Balaban J connectivity index is 2.21. The van der Waals surface area contributed by atoms with Gasteiger partial charge in [-0.15, -0.1) is 0 Å². The standard InChI is InChI=1S/C23H27F3O3/c1-3-4-16(2)18-7-8-20(21(24)13-18)19-6-5-17(9-10-27)22(14-19)29-12-11-28-15-23(25)26/h5-8,13-16,27H,3-4,9-12H2,1-2H3. The van der Waals surface area contributed by atoms with Crippen molar-refractivity contribution in [1.29, 1.82) is 0 Å². The molecule has 6 heteroatoms. The van der Waals surface area contributed by atoms with Gasteiger partial charge < -0.3 is 14.6 Å². The molecule has 0 bridgehead atoms. The van der Waals surface area contributed by atoms with Gasteiger partial charge in [0.2, 0.25) is 0 Å². The molecule has 2 aromatic carbocycles.